The quantitative estimate of drug-likeness (QED) is 0.521. The summed E-state index contributed by atoms with van der Waals surface area (Å²) in [5.41, 5.74) is 4.06. The number of hydrogen-bond acceptors (Lipinski definition) is 7. The predicted molar refractivity (Wildman–Crippen MR) is 102 cm³/mol. The van der Waals surface area contributed by atoms with Crippen LogP contribution in [0, 0.1) is 0 Å². The zero-order valence-electron chi connectivity index (χ0n) is 16.0. The van der Waals surface area contributed by atoms with Crippen LogP contribution in [-0.4, -0.2) is 33.6 Å². The molecule has 0 radical (unpaired) electrons. The zero-order valence-corrected chi connectivity index (χ0v) is 16.0. The standard InChI is InChI=1S/C19H23N3O6/c1-4-10-22-16(20)15(17(24)21(3)19(22)26)14(23)11-27-18(25)12(2)28-13-8-6-5-7-9-13/h5-9,12H,4,10-11,20H2,1-3H3/t12-/m1/s1. The summed E-state index contributed by atoms with van der Waals surface area (Å²) in [4.78, 5) is 49.0. The number of para-hydroxylation sites is 1. The van der Waals surface area contributed by atoms with Crippen LogP contribution in [0.2, 0.25) is 0 Å². The molecule has 0 saturated heterocycles. The number of esters is 1. The first-order valence-corrected chi connectivity index (χ1v) is 8.78. The lowest BCUT2D eigenvalue weighted by Crippen LogP contribution is -2.43. The lowest BCUT2D eigenvalue weighted by Gasteiger charge is -2.15. The van der Waals surface area contributed by atoms with Crippen molar-refractivity contribution >= 4 is 17.6 Å². The van der Waals surface area contributed by atoms with Gasteiger partial charge in [-0.3, -0.25) is 18.7 Å². The molecule has 0 fully saturated rings. The number of nitrogens with two attached hydrogens (primary N) is 1. The van der Waals surface area contributed by atoms with Gasteiger partial charge in [-0.2, -0.15) is 0 Å². The van der Waals surface area contributed by atoms with Gasteiger partial charge in [0.15, 0.2) is 12.7 Å². The van der Waals surface area contributed by atoms with Crippen molar-refractivity contribution in [2.45, 2.75) is 32.9 Å². The van der Waals surface area contributed by atoms with Crippen LogP contribution in [-0.2, 0) is 23.1 Å². The second-order valence-electron chi connectivity index (χ2n) is 6.16. The topological polar surface area (TPSA) is 123 Å². The first-order valence-electron chi connectivity index (χ1n) is 8.78. The Balaban J connectivity index is 2.14. The van der Waals surface area contributed by atoms with Crippen molar-refractivity contribution in [1.29, 1.82) is 0 Å². The number of carbonyl (C=O) groups excluding carboxylic acids is 2. The summed E-state index contributed by atoms with van der Waals surface area (Å²) in [5, 5.41) is 0. The maximum Gasteiger partial charge on any atom is 0.347 e. The van der Waals surface area contributed by atoms with E-state index < -0.39 is 35.7 Å². The van der Waals surface area contributed by atoms with Gasteiger partial charge in [0.2, 0.25) is 5.78 Å². The van der Waals surface area contributed by atoms with Crippen LogP contribution in [0.3, 0.4) is 0 Å². The van der Waals surface area contributed by atoms with Gasteiger partial charge in [0, 0.05) is 13.6 Å². The zero-order chi connectivity index (χ0) is 20.8. The molecule has 0 aliphatic rings. The van der Waals surface area contributed by atoms with Gasteiger partial charge < -0.3 is 15.2 Å². The summed E-state index contributed by atoms with van der Waals surface area (Å²) in [6, 6.07) is 8.66. The molecule has 2 aromatic rings. The minimum atomic E-state index is -0.954. The monoisotopic (exact) mass is 389 g/mol. The molecule has 9 heteroatoms. The second-order valence-corrected chi connectivity index (χ2v) is 6.16. The third-order valence-corrected chi connectivity index (χ3v) is 4.04. The smallest absolute Gasteiger partial charge is 0.347 e. The molecule has 1 aromatic carbocycles. The molecule has 9 nitrogen and oxygen atoms in total. The lowest BCUT2D eigenvalue weighted by atomic mass is 10.2. The molecule has 1 atom stereocenters. The molecule has 0 aliphatic carbocycles. The Bertz CT molecular complexity index is 978. The molecule has 150 valence electrons. The SMILES string of the molecule is CCCn1c(N)c(C(=O)COC(=O)[C@@H](C)Oc2ccccc2)c(=O)n(C)c1=O. The first kappa shape index (κ1) is 20.9. The van der Waals surface area contributed by atoms with E-state index in [0.717, 1.165) is 9.13 Å². The number of ketones is 1. The van der Waals surface area contributed by atoms with Crippen molar-refractivity contribution in [3.8, 4) is 5.75 Å². The second kappa shape index (κ2) is 9.03. The maximum atomic E-state index is 12.5. The Morgan fingerprint density at radius 3 is 2.43 bits per heavy atom. The first-order chi connectivity index (χ1) is 13.3. The lowest BCUT2D eigenvalue weighted by molar-refractivity contribution is -0.149. The number of aromatic nitrogens is 2. The summed E-state index contributed by atoms with van der Waals surface area (Å²) in [5.74, 6) is -1.31. The van der Waals surface area contributed by atoms with Gasteiger partial charge in [-0.05, 0) is 25.5 Å². The third kappa shape index (κ3) is 4.48. The number of benzene rings is 1. The highest BCUT2D eigenvalue weighted by Crippen LogP contribution is 2.12. The van der Waals surface area contributed by atoms with Gasteiger partial charge in [0.05, 0.1) is 0 Å². The Morgan fingerprint density at radius 2 is 1.82 bits per heavy atom. The molecule has 0 spiro atoms. The summed E-state index contributed by atoms with van der Waals surface area (Å²) < 4.78 is 12.4. The molecule has 0 unspecified atom stereocenters. The van der Waals surface area contributed by atoms with Crippen molar-refractivity contribution in [2.75, 3.05) is 12.3 Å². The molecule has 0 aliphatic heterocycles. The van der Waals surface area contributed by atoms with Crippen LogP contribution in [0.4, 0.5) is 5.82 Å². The number of hydrogen-bond donors (Lipinski definition) is 1. The van der Waals surface area contributed by atoms with E-state index in [-0.39, 0.29) is 17.9 Å². The molecule has 1 aromatic heterocycles. The minimum Gasteiger partial charge on any atom is -0.479 e. The largest absolute Gasteiger partial charge is 0.479 e. The number of anilines is 1. The number of nitrogens with zero attached hydrogens (tertiary/aromatic N) is 2. The van der Waals surface area contributed by atoms with Crippen molar-refractivity contribution < 1.29 is 19.1 Å². The van der Waals surface area contributed by atoms with Crippen molar-refractivity contribution in [2.24, 2.45) is 7.05 Å². The Kier molecular flexibility index (Phi) is 6.75. The molecule has 0 saturated carbocycles. The normalized spacial score (nSPS) is 11.7. The van der Waals surface area contributed by atoms with Crippen LogP contribution >= 0.6 is 0 Å². The fourth-order valence-corrected chi connectivity index (χ4v) is 2.56. The van der Waals surface area contributed by atoms with Crippen LogP contribution < -0.4 is 21.7 Å². The van der Waals surface area contributed by atoms with Crippen molar-refractivity contribution in [1.82, 2.24) is 9.13 Å². The van der Waals surface area contributed by atoms with E-state index in [1.165, 1.54) is 14.0 Å². The Morgan fingerprint density at radius 1 is 1.18 bits per heavy atom. The molecule has 2 rings (SSSR count). The highest BCUT2D eigenvalue weighted by Gasteiger charge is 2.24. The van der Waals surface area contributed by atoms with Crippen molar-refractivity contribution in [3.63, 3.8) is 0 Å². The van der Waals surface area contributed by atoms with E-state index in [4.69, 9.17) is 15.2 Å². The number of carbonyl (C=O) groups is 2. The maximum absolute atomic E-state index is 12.5. The van der Waals surface area contributed by atoms with E-state index in [0.29, 0.717) is 12.2 Å². The molecular weight excluding hydrogens is 366 g/mol. The van der Waals surface area contributed by atoms with E-state index >= 15 is 0 Å². The van der Waals surface area contributed by atoms with Crippen LogP contribution in [0.5, 0.6) is 5.75 Å². The molecule has 28 heavy (non-hydrogen) atoms. The van der Waals surface area contributed by atoms with Crippen molar-refractivity contribution in [3.05, 3.63) is 56.7 Å². The Hall–Kier alpha value is -3.36. The fraction of sp³-hybridized carbons (Fsp3) is 0.368. The van der Waals surface area contributed by atoms with Gasteiger partial charge in [-0.25, -0.2) is 9.59 Å². The van der Waals surface area contributed by atoms with Gasteiger partial charge in [-0.1, -0.05) is 25.1 Å². The summed E-state index contributed by atoms with van der Waals surface area (Å²) in [7, 11) is 1.26. The predicted octanol–water partition coefficient (Wildman–Crippen LogP) is 0.733. The summed E-state index contributed by atoms with van der Waals surface area (Å²) in [6.45, 7) is 2.87. The van der Waals surface area contributed by atoms with Gasteiger partial charge >= 0.3 is 11.7 Å². The fourth-order valence-electron chi connectivity index (χ4n) is 2.56. The Labute approximate surface area is 161 Å². The average Bonchev–Trinajstić information content (AvgIpc) is 2.68. The number of rotatable bonds is 8. The highest BCUT2D eigenvalue weighted by atomic mass is 16.6. The summed E-state index contributed by atoms with van der Waals surface area (Å²) >= 11 is 0. The summed E-state index contributed by atoms with van der Waals surface area (Å²) in [6.07, 6.45) is -0.372. The van der Waals surface area contributed by atoms with E-state index in [1.54, 1.807) is 30.3 Å². The minimum absolute atomic E-state index is 0.232. The van der Waals surface area contributed by atoms with E-state index in [2.05, 4.69) is 0 Å². The molecular formula is C19H23N3O6. The number of nitrogen functional groups attached to an aromatic ring is 1. The van der Waals surface area contributed by atoms with Gasteiger partial charge in [-0.15, -0.1) is 0 Å². The molecule has 2 N–H and O–H groups in total. The van der Waals surface area contributed by atoms with E-state index in [1.807, 2.05) is 6.92 Å². The average molecular weight is 389 g/mol. The van der Waals surface area contributed by atoms with Crippen LogP contribution in [0.15, 0.2) is 39.9 Å². The van der Waals surface area contributed by atoms with E-state index in [9.17, 15) is 19.2 Å². The highest BCUT2D eigenvalue weighted by molar-refractivity contribution is 6.01. The molecule has 0 amide bonds. The third-order valence-electron chi connectivity index (χ3n) is 4.04. The molecule has 0 bridgehead atoms. The van der Waals surface area contributed by atoms with Crippen LogP contribution in [0.1, 0.15) is 30.6 Å². The number of Topliss-reactive ketones (excluding diaryl/α,β-unsaturated/α-hetero) is 1. The molecule has 1 heterocycles. The van der Waals surface area contributed by atoms with Gasteiger partial charge in [0.25, 0.3) is 5.56 Å². The number of ether oxygens (including phenoxy) is 2. The van der Waals surface area contributed by atoms with Gasteiger partial charge in [0.1, 0.15) is 17.1 Å². The van der Waals surface area contributed by atoms with Crippen LogP contribution in [0.25, 0.3) is 0 Å².